The van der Waals surface area contributed by atoms with Crippen LogP contribution in [0, 0.1) is 11.7 Å². The largest absolute Gasteiger partial charge is 0.481 e. The Hall–Kier alpha value is -2.17. The number of aliphatic carboxylic acids is 1. The minimum Gasteiger partial charge on any atom is -0.481 e. The van der Waals surface area contributed by atoms with Crippen molar-refractivity contribution in [2.45, 2.75) is 6.42 Å². The molecule has 0 spiro atoms. The number of carbonyl (C=O) groups excluding carboxylic acids is 1. The second-order valence-corrected chi connectivity index (χ2v) is 4.50. The molecule has 2 rings (SSSR count). The van der Waals surface area contributed by atoms with E-state index in [-0.39, 0.29) is 18.3 Å². The average Bonchev–Trinajstić information content (AvgIpc) is 2.86. The lowest BCUT2D eigenvalue weighted by Crippen LogP contribution is -2.28. The maximum Gasteiger partial charge on any atom is 0.308 e. The highest BCUT2D eigenvalue weighted by Gasteiger charge is 2.29. The zero-order chi connectivity index (χ0) is 13.8. The molecule has 1 fully saturated rings. The van der Waals surface area contributed by atoms with Crippen LogP contribution in [-0.2, 0) is 9.59 Å². The first kappa shape index (κ1) is 13.3. The van der Waals surface area contributed by atoms with Gasteiger partial charge in [0, 0.05) is 19.2 Å². The molecule has 4 nitrogen and oxygen atoms in total. The number of amides is 1. The quantitative estimate of drug-likeness (QED) is 0.845. The molecule has 100 valence electrons. The van der Waals surface area contributed by atoms with Crippen molar-refractivity contribution in [2.24, 2.45) is 5.92 Å². The SMILES string of the molecule is O=C(O)C1CCN(C(=O)C=Cc2cccc(F)c2)C1. The van der Waals surface area contributed by atoms with Gasteiger partial charge in [0.15, 0.2) is 0 Å². The van der Waals surface area contributed by atoms with Gasteiger partial charge in [-0.3, -0.25) is 9.59 Å². The molecular formula is C14H14FNO3. The van der Waals surface area contributed by atoms with Gasteiger partial charge in [0.05, 0.1) is 5.92 Å². The van der Waals surface area contributed by atoms with Crippen molar-refractivity contribution in [3.05, 3.63) is 41.7 Å². The van der Waals surface area contributed by atoms with Gasteiger partial charge in [0.25, 0.3) is 0 Å². The van der Waals surface area contributed by atoms with Crippen LogP contribution in [0.15, 0.2) is 30.3 Å². The monoisotopic (exact) mass is 263 g/mol. The number of benzene rings is 1. The minimum absolute atomic E-state index is 0.238. The highest BCUT2D eigenvalue weighted by Crippen LogP contribution is 2.17. The van der Waals surface area contributed by atoms with E-state index in [1.54, 1.807) is 12.1 Å². The number of carbonyl (C=O) groups is 2. The molecule has 1 amide bonds. The average molecular weight is 263 g/mol. The van der Waals surface area contributed by atoms with Crippen molar-refractivity contribution in [2.75, 3.05) is 13.1 Å². The zero-order valence-corrected chi connectivity index (χ0v) is 10.3. The molecule has 19 heavy (non-hydrogen) atoms. The van der Waals surface area contributed by atoms with Crippen LogP contribution in [-0.4, -0.2) is 35.0 Å². The zero-order valence-electron chi connectivity index (χ0n) is 10.3. The summed E-state index contributed by atoms with van der Waals surface area (Å²) in [5, 5.41) is 8.85. The predicted molar refractivity (Wildman–Crippen MR) is 67.8 cm³/mol. The first-order chi connectivity index (χ1) is 9.06. The molecule has 1 aliphatic rings. The van der Waals surface area contributed by atoms with Crippen molar-refractivity contribution in [3.63, 3.8) is 0 Å². The van der Waals surface area contributed by atoms with E-state index in [1.165, 1.54) is 29.2 Å². The molecule has 1 saturated heterocycles. The Labute approximate surface area is 110 Å². The van der Waals surface area contributed by atoms with Crippen molar-refractivity contribution in [3.8, 4) is 0 Å². The summed E-state index contributed by atoms with van der Waals surface area (Å²) in [6.45, 7) is 0.685. The molecule has 1 unspecified atom stereocenters. The number of nitrogens with zero attached hydrogens (tertiary/aromatic N) is 1. The lowest BCUT2D eigenvalue weighted by atomic mass is 10.1. The van der Waals surface area contributed by atoms with Gasteiger partial charge >= 0.3 is 5.97 Å². The van der Waals surface area contributed by atoms with Crippen LogP contribution in [0.25, 0.3) is 6.08 Å². The summed E-state index contributed by atoms with van der Waals surface area (Å²) in [5.41, 5.74) is 0.599. The molecule has 1 aromatic rings. The molecule has 1 aromatic carbocycles. The van der Waals surface area contributed by atoms with Crippen LogP contribution in [0.2, 0.25) is 0 Å². The first-order valence-corrected chi connectivity index (χ1v) is 6.01. The van der Waals surface area contributed by atoms with Gasteiger partial charge in [0.1, 0.15) is 5.82 Å². The third kappa shape index (κ3) is 3.40. The highest BCUT2D eigenvalue weighted by molar-refractivity contribution is 5.92. The third-order valence-electron chi connectivity index (χ3n) is 3.12. The molecular weight excluding hydrogens is 249 g/mol. The summed E-state index contributed by atoms with van der Waals surface area (Å²) in [5.74, 6) is -1.95. The number of hydrogen-bond donors (Lipinski definition) is 1. The topological polar surface area (TPSA) is 57.6 Å². The van der Waals surface area contributed by atoms with Crippen LogP contribution in [0.4, 0.5) is 4.39 Å². The standard InChI is InChI=1S/C14H14FNO3/c15-12-3-1-2-10(8-12)4-5-13(17)16-7-6-11(9-16)14(18)19/h1-5,8,11H,6-7,9H2,(H,18,19). The lowest BCUT2D eigenvalue weighted by Gasteiger charge is -2.12. The molecule has 1 heterocycles. The van der Waals surface area contributed by atoms with E-state index in [9.17, 15) is 14.0 Å². The minimum atomic E-state index is -0.871. The molecule has 0 bridgehead atoms. The van der Waals surface area contributed by atoms with Gasteiger partial charge < -0.3 is 10.0 Å². The Kier molecular flexibility index (Phi) is 3.94. The molecule has 1 atom stereocenters. The Morgan fingerprint density at radius 3 is 2.84 bits per heavy atom. The Morgan fingerprint density at radius 1 is 1.42 bits per heavy atom. The lowest BCUT2D eigenvalue weighted by molar-refractivity contribution is -0.141. The summed E-state index contributed by atoms with van der Waals surface area (Å²) in [7, 11) is 0. The summed E-state index contributed by atoms with van der Waals surface area (Å²) in [6.07, 6.45) is 3.35. The number of carboxylic acids is 1. The van der Waals surface area contributed by atoms with Crippen LogP contribution in [0.1, 0.15) is 12.0 Å². The summed E-state index contributed by atoms with van der Waals surface area (Å²) >= 11 is 0. The second kappa shape index (κ2) is 5.65. The van der Waals surface area contributed by atoms with E-state index in [2.05, 4.69) is 0 Å². The van der Waals surface area contributed by atoms with Crippen molar-refractivity contribution < 1.29 is 19.1 Å². The van der Waals surface area contributed by atoms with E-state index in [0.29, 0.717) is 18.5 Å². The summed E-state index contributed by atoms with van der Waals surface area (Å²) in [4.78, 5) is 24.1. The van der Waals surface area contributed by atoms with Crippen LogP contribution in [0.3, 0.4) is 0 Å². The molecule has 0 radical (unpaired) electrons. The second-order valence-electron chi connectivity index (χ2n) is 4.50. The van der Waals surface area contributed by atoms with Gasteiger partial charge in [-0.15, -0.1) is 0 Å². The van der Waals surface area contributed by atoms with E-state index >= 15 is 0 Å². The van der Waals surface area contributed by atoms with Crippen LogP contribution < -0.4 is 0 Å². The maximum atomic E-state index is 12.9. The fourth-order valence-corrected chi connectivity index (χ4v) is 2.05. The van der Waals surface area contributed by atoms with Gasteiger partial charge in [-0.25, -0.2) is 4.39 Å². The smallest absolute Gasteiger partial charge is 0.308 e. The molecule has 1 N–H and O–H groups in total. The number of hydrogen-bond acceptors (Lipinski definition) is 2. The first-order valence-electron chi connectivity index (χ1n) is 6.01. The summed E-state index contributed by atoms with van der Waals surface area (Å²) < 4.78 is 12.9. The maximum absolute atomic E-state index is 12.9. The highest BCUT2D eigenvalue weighted by atomic mass is 19.1. The molecule has 1 aliphatic heterocycles. The molecule has 0 saturated carbocycles. The van der Waals surface area contributed by atoms with Gasteiger partial charge in [-0.05, 0) is 30.2 Å². The normalized spacial score (nSPS) is 19.0. The predicted octanol–water partition coefficient (Wildman–Crippen LogP) is 1.77. The number of rotatable bonds is 3. The third-order valence-corrected chi connectivity index (χ3v) is 3.12. The van der Waals surface area contributed by atoms with Crippen LogP contribution >= 0.6 is 0 Å². The fraction of sp³-hybridized carbons (Fsp3) is 0.286. The van der Waals surface area contributed by atoms with E-state index < -0.39 is 11.9 Å². The van der Waals surface area contributed by atoms with E-state index in [1.807, 2.05) is 0 Å². The van der Waals surface area contributed by atoms with E-state index in [4.69, 9.17) is 5.11 Å². The van der Waals surface area contributed by atoms with Crippen LogP contribution in [0.5, 0.6) is 0 Å². The summed E-state index contributed by atoms with van der Waals surface area (Å²) in [6, 6.07) is 5.91. The van der Waals surface area contributed by atoms with Crippen molar-refractivity contribution in [1.29, 1.82) is 0 Å². The van der Waals surface area contributed by atoms with Gasteiger partial charge in [-0.1, -0.05) is 12.1 Å². The number of halogens is 1. The Morgan fingerprint density at radius 2 is 2.21 bits per heavy atom. The van der Waals surface area contributed by atoms with Gasteiger partial charge in [0.2, 0.25) is 5.91 Å². The molecule has 5 heteroatoms. The number of carboxylic acid groups (broad SMARTS) is 1. The molecule has 0 aliphatic carbocycles. The Bertz CT molecular complexity index is 527. The van der Waals surface area contributed by atoms with Crippen molar-refractivity contribution >= 4 is 18.0 Å². The van der Waals surface area contributed by atoms with Crippen molar-refractivity contribution in [1.82, 2.24) is 4.90 Å². The van der Waals surface area contributed by atoms with E-state index in [0.717, 1.165) is 0 Å². The fourth-order valence-electron chi connectivity index (χ4n) is 2.05. The van der Waals surface area contributed by atoms with Gasteiger partial charge in [-0.2, -0.15) is 0 Å². The molecule has 0 aromatic heterocycles. The Balaban J connectivity index is 1.96. The number of likely N-dealkylation sites (tertiary alicyclic amines) is 1.